The molecule has 1 aromatic carbocycles. The van der Waals surface area contributed by atoms with Gasteiger partial charge in [-0.3, -0.25) is 14.4 Å². The van der Waals surface area contributed by atoms with Gasteiger partial charge in [-0.1, -0.05) is 137 Å². The minimum absolute atomic E-state index is 0.0349. The van der Waals surface area contributed by atoms with Crippen molar-refractivity contribution in [1.29, 1.82) is 0 Å². The maximum absolute atomic E-state index is 12.7. The first-order chi connectivity index (χ1) is 28.1. The number of aldehydes is 1. The number of rotatable bonds is 17. The average molecular weight is 843 g/mol. The van der Waals surface area contributed by atoms with Gasteiger partial charge in [0.1, 0.15) is 12.1 Å². The highest BCUT2D eigenvalue weighted by atomic mass is 16.5. The summed E-state index contributed by atoms with van der Waals surface area (Å²) in [5.41, 5.74) is 15.1. The van der Waals surface area contributed by atoms with E-state index in [1.807, 2.05) is 56.0 Å². The molecule has 0 bridgehead atoms. The number of methoxy groups -OCH3 is 1. The topological polar surface area (TPSA) is 216 Å². The summed E-state index contributed by atoms with van der Waals surface area (Å²) < 4.78 is 5.75. The van der Waals surface area contributed by atoms with Gasteiger partial charge < -0.3 is 46.6 Å². The number of aliphatic hydroxyl groups is 2. The number of carbonyl (C=O) groups excluding carboxylic acids is 5. The van der Waals surface area contributed by atoms with E-state index in [0.29, 0.717) is 36.4 Å². The Morgan fingerprint density at radius 3 is 1.71 bits per heavy atom. The van der Waals surface area contributed by atoms with E-state index in [4.69, 9.17) is 24.5 Å². The molecule has 350 valence electrons. The lowest BCUT2D eigenvalue weighted by atomic mass is 9.81. The molecular formula is C47H94N4O8. The number of ether oxygens (including phenoxy) is 1. The Morgan fingerprint density at radius 2 is 1.41 bits per heavy atom. The first-order valence-corrected chi connectivity index (χ1v) is 21.5. The van der Waals surface area contributed by atoms with Gasteiger partial charge in [0, 0.05) is 45.8 Å². The van der Waals surface area contributed by atoms with Crippen molar-refractivity contribution >= 4 is 30.8 Å². The number of nitrogens with zero attached hydrogens (tertiary/aromatic N) is 1. The van der Waals surface area contributed by atoms with Gasteiger partial charge in [-0.2, -0.15) is 0 Å². The summed E-state index contributed by atoms with van der Waals surface area (Å²) in [6, 6.07) is 10.2. The number of Topliss-reactive ketones (excluding diaryl/α,β-unsaturated/α-hetero) is 1. The molecule has 2 rings (SSSR count). The molecule has 3 amide bonds. The van der Waals surface area contributed by atoms with Crippen LogP contribution in [0, 0.1) is 29.6 Å². The number of likely N-dealkylation sites (tertiary alicyclic amines) is 1. The van der Waals surface area contributed by atoms with Gasteiger partial charge in [0.2, 0.25) is 18.7 Å². The second kappa shape index (κ2) is 54.6. The van der Waals surface area contributed by atoms with Crippen LogP contribution in [0.25, 0.3) is 0 Å². The molecule has 1 aromatic rings. The Hall–Kier alpha value is -3.45. The Morgan fingerprint density at radius 1 is 0.932 bits per heavy atom. The third-order valence-corrected chi connectivity index (χ3v) is 8.83. The molecule has 0 radical (unpaired) electrons. The summed E-state index contributed by atoms with van der Waals surface area (Å²) in [6.07, 6.45) is 11.4. The molecule has 0 aliphatic carbocycles. The van der Waals surface area contributed by atoms with E-state index < -0.39 is 0 Å². The largest absolute Gasteiger partial charge is 0.400 e. The zero-order valence-corrected chi connectivity index (χ0v) is 40.4. The Bertz CT molecular complexity index is 1050. The van der Waals surface area contributed by atoms with Crippen molar-refractivity contribution in [1.82, 2.24) is 4.90 Å². The number of primary amides is 2. The number of amides is 3. The van der Waals surface area contributed by atoms with Crippen LogP contribution in [-0.2, 0) is 35.1 Å². The van der Waals surface area contributed by atoms with Crippen LogP contribution in [0.15, 0.2) is 42.5 Å². The Labute approximate surface area is 362 Å². The molecule has 6 atom stereocenters. The van der Waals surface area contributed by atoms with Crippen molar-refractivity contribution in [2.45, 2.75) is 159 Å². The van der Waals surface area contributed by atoms with Crippen LogP contribution in [0.3, 0.4) is 0 Å². The van der Waals surface area contributed by atoms with E-state index >= 15 is 0 Å². The Balaban J connectivity index is -0.000000125. The highest BCUT2D eigenvalue weighted by Gasteiger charge is 2.33. The summed E-state index contributed by atoms with van der Waals surface area (Å²) >= 11 is 0. The lowest BCUT2D eigenvalue weighted by molar-refractivity contribution is -0.135. The molecule has 1 aliphatic heterocycles. The molecular weight excluding hydrogens is 749 g/mol. The molecule has 1 aliphatic rings. The number of benzene rings is 1. The molecule has 1 saturated heterocycles. The molecule has 0 aromatic heterocycles. The second-order valence-electron chi connectivity index (χ2n) is 14.3. The van der Waals surface area contributed by atoms with Crippen LogP contribution in [0.5, 0.6) is 0 Å². The fourth-order valence-corrected chi connectivity index (χ4v) is 5.50. The molecule has 59 heavy (non-hydrogen) atoms. The number of ketones is 1. The van der Waals surface area contributed by atoms with E-state index in [2.05, 4.69) is 79.2 Å². The van der Waals surface area contributed by atoms with E-state index in [1.54, 1.807) is 14.0 Å². The van der Waals surface area contributed by atoms with Crippen molar-refractivity contribution in [2.24, 2.45) is 46.8 Å². The van der Waals surface area contributed by atoms with E-state index in [9.17, 15) is 14.4 Å². The van der Waals surface area contributed by atoms with Crippen molar-refractivity contribution in [3.05, 3.63) is 48.0 Å². The summed E-state index contributed by atoms with van der Waals surface area (Å²) in [5, 5.41) is 16.0. The predicted molar refractivity (Wildman–Crippen MR) is 250 cm³/mol. The quantitative estimate of drug-likeness (QED) is 0.0759. The van der Waals surface area contributed by atoms with Crippen LogP contribution in [0.2, 0.25) is 0 Å². The van der Waals surface area contributed by atoms with Gasteiger partial charge in [0.15, 0.2) is 0 Å². The highest BCUT2D eigenvalue weighted by molar-refractivity contribution is 5.78. The fraction of sp³-hybridized carbons (Fsp3) is 0.723. The van der Waals surface area contributed by atoms with Crippen molar-refractivity contribution in [3.8, 4) is 0 Å². The molecule has 0 spiro atoms. The third-order valence-electron chi connectivity index (χ3n) is 8.83. The van der Waals surface area contributed by atoms with E-state index in [0.717, 1.165) is 57.6 Å². The third kappa shape index (κ3) is 45.5. The number of hydrogen-bond donors (Lipinski definition) is 5. The van der Waals surface area contributed by atoms with Crippen molar-refractivity contribution in [2.75, 3.05) is 34.4 Å². The average Bonchev–Trinajstić information content (AvgIpc) is 3.59. The van der Waals surface area contributed by atoms with Gasteiger partial charge >= 0.3 is 0 Å². The second-order valence-corrected chi connectivity index (χ2v) is 14.3. The summed E-state index contributed by atoms with van der Waals surface area (Å²) in [7, 11) is 4.26. The zero-order chi connectivity index (χ0) is 47.8. The first-order valence-electron chi connectivity index (χ1n) is 21.5. The molecule has 8 N–H and O–H groups in total. The van der Waals surface area contributed by atoms with Crippen LogP contribution >= 0.6 is 0 Å². The van der Waals surface area contributed by atoms with Crippen molar-refractivity contribution in [3.63, 3.8) is 0 Å². The monoisotopic (exact) mass is 843 g/mol. The van der Waals surface area contributed by atoms with Crippen LogP contribution in [0.4, 0.5) is 0 Å². The predicted octanol–water partition coefficient (Wildman–Crippen LogP) is 7.93. The number of aliphatic hydroxyl groups excluding tert-OH is 2. The maximum atomic E-state index is 12.7. The standard InChI is InChI=1S/C19H35NO2.C12H16O2.C7H14O.C3H8.C2H6.2CH3NO.CH5N.CH4O/c1-7-9-10-17(15(4)8-2)18(22-6)12-19(21)20-13-14(3)11-16(20)5;1-10(8-13)12(9-14)7-11-5-3-2-4-6-11;1-6(2)4-5-7(3)8;1-3-2;1-2;2*2-1-3;2*1-2/h15-18H,3,7-13H2,1-2,4-6H3;2-6,9-10,12-13H,7-8H2,1H3;6H,4-5H2,1-3H3;3H2,1-2H3;1-2H3;2*1H,(H2,2,3);2H2,1H3;2H,1H3. The lowest BCUT2D eigenvalue weighted by Crippen LogP contribution is -2.39. The normalized spacial score (nSPS) is 14.3. The number of carbonyl (C=O) groups is 5. The minimum Gasteiger partial charge on any atom is -0.400 e. The molecule has 6 unspecified atom stereocenters. The van der Waals surface area contributed by atoms with Gasteiger partial charge in [0.05, 0.1) is 12.5 Å². The fourth-order valence-electron chi connectivity index (χ4n) is 5.50. The summed E-state index contributed by atoms with van der Waals surface area (Å²) in [6.45, 7) is 29.7. The van der Waals surface area contributed by atoms with Crippen LogP contribution < -0.4 is 17.2 Å². The minimum atomic E-state index is -0.0811. The molecule has 12 heteroatoms. The number of unbranched alkanes of at least 4 members (excludes halogenated alkanes) is 1. The maximum Gasteiger partial charge on any atom is 0.225 e. The highest BCUT2D eigenvalue weighted by Crippen LogP contribution is 2.30. The van der Waals surface area contributed by atoms with E-state index in [-0.39, 0.29) is 49.3 Å². The summed E-state index contributed by atoms with van der Waals surface area (Å²) in [4.78, 5) is 53.0. The Kier molecular flexibility index (Phi) is 64.8. The SMILES string of the molecule is C=C1CC(C)N(C(=O)CC(OC)C(CCCC)C(C)CC)C1.CC.CC(=O)CCC(C)C.CC(CO)C(C=O)Cc1ccccc1.CCC.CN.CO.NC=O.NC=O. The van der Waals surface area contributed by atoms with Gasteiger partial charge in [0.25, 0.3) is 0 Å². The van der Waals surface area contributed by atoms with E-state index in [1.165, 1.54) is 31.9 Å². The van der Waals surface area contributed by atoms with Gasteiger partial charge in [-0.25, -0.2) is 0 Å². The molecule has 12 nitrogen and oxygen atoms in total. The molecule has 1 heterocycles. The van der Waals surface area contributed by atoms with Gasteiger partial charge in [-0.15, -0.1) is 0 Å². The lowest BCUT2D eigenvalue weighted by Gasteiger charge is -2.32. The molecule has 1 fully saturated rings. The smallest absolute Gasteiger partial charge is 0.225 e. The number of hydrogen-bond acceptors (Lipinski definition) is 9. The molecule has 0 saturated carbocycles. The summed E-state index contributed by atoms with van der Waals surface area (Å²) in [5.74, 6) is 2.21. The van der Waals surface area contributed by atoms with Crippen molar-refractivity contribution < 1.29 is 38.9 Å². The van der Waals surface area contributed by atoms with Gasteiger partial charge in [-0.05, 0) is 75.8 Å². The first kappa shape index (κ1) is 70.1. The number of nitrogens with two attached hydrogens (primary N) is 3. The van der Waals surface area contributed by atoms with Crippen LogP contribution in [-0.4, -0.2) is 92.5 Å². The van der Waals surface area contributed by atoms with Crippen LogP contribution in [0.1, 0.15) is 146 Å². The zero-order valence-electron chi connectivity index (χ0n) is 40.4.